The van der Waals surface area contributed by atoms with Gasteiger partial charge in [0.2, 0.25) is 0 Å². The molecule has 1 aliphatic rings. The minimum atomic E-state index is 0.0681. The minimum absolute atomic E-state index is 0.0681. The van der Waals surface area contributed by atoms with Crippen LogP contribution >= 0.6 is 11.3 Å². The van der Waals surface area contributed by atoms with E-state index in [0.717, 1.165) is 18.1 Å². The van der Waals surface area contributed by atoms with Gasteiger partial charge in [0, 0.05) is 12.3 Å². The van der Waals surface area contributed by atoms with Crippen LogP contribution in [-0.2, 0) is 0 Å². The first-order chi connectivity index (χ1) is 7.22. The van der Waals surface area contributed by atoms with Crippen LogP contribution in [0.3, 0.4) is 0 Å². The zero-order valence-electron chi connectivity index (χ0n) is 9.19. The van der Waals surface area contributed by atoms with Gasteiger partial charge in [-0.25, -0.2) is 4.98 Å². The summed E-state index contributed by atoms with van der Waals surface area (Å²) in [5.41, 5.74) is 0.623. The highest BCUT2D eigenvalue weighted by Gasteiger charge is 2.27. The maximum atomic E-state index is 11.2. The lowest BCUT2D eigenvalue weighted by Crippen LogP contribution is -2.22. The molecule has 0 radical (unpaired) electrons. The van der Waals surface area contributed by atoms with Gasteiger partial charge in [0.25, 0.3) is 0 Å². The molecule has 1 unspecified atom stereocenters. The van der Waals surface area contributed by atoms with Crippen LogP contribution in [0.2, 0.25) is 0 Å². The molecule has 0 amide bonds. The van der Waals surface area contributed by atoms with E-state index >= 15 is 0 Å². The van der Waals surface area contributed by atoms with Crippen LogP contribution in [0.4, 0.5) is 0 Å². The number of Topliss-reactive ketones (excluding diaryl/α,β-unsaturated/α-hetero) is 1. The van der Waals surface area contributed by atoms with E-state index in [0.29, 0.717) is 11.7 Å². The first-order valence-corrected chi connectivity index (χ1v) is 6.30. The molecule has 1 atom stereocenters. The summed E-state index contributed by atoms with van der Waals surface area (Å²) < 4.78 is 0. The maximum Gasteiger partial charge on any atom is 0.178 e. The van der Waals surface area contributed by atoms with Gasteiger partial charge in [0.05, 0.1) is 6.04 Å². The lowest BCUT2D eigenvalue weighted by molar-refractivity contribution is 0.101. The predicted octanol–water partition coefficient (Wildman–Crippen LogP) is 2.50. The SMILES string of the molecule is CCN1CCCC1c1nc(C(C)=O)cs1. The highest BCUT2D eigenvalue weighted by Crippen LogP contribution is 2.33. The molecule has 82 valence electrons. The van der Waals surface area contributed by atoms with Gasteiger partial charge in [-0.3, -0.25) is 9.69 Å². The third kappa shape index (κ3) is 2.11. The summed E-state index contributed by atoms with van der Waals surface area (Å²) in [6.07, 6.45) is 2.42. The molecule has 2 rings (SSSR count). The van der Waals surface area contributed by atoms with E-state index in [1.807, 2.05) is 5.38 Å². The van der Waals surface area contributed by atoms with Crippen LogP contribution in [0, 0.1) is 0 Å². The van der Waals surface area contributed by atoms with Crippen LogP contribution < -0.4 is 0 Å². The van der Waals surface area contributed by atoms with Crippen molar-refractivity contribution in [1.29, 1.82) is 0 Å². The molecule has 1 saturated heterocycles. The minimum Gasteiger partial charge on any atom is -0.294 e. The summed E-state index contributed by atoms with van der Waals surface area (Å²) in [5, 5.41) is 2.99. The molecule has 1 aromatic rings. The average Bonchev–Trinajstić information content (AvgIpc) is 2.85. The van der Waals surface area contributed by atoms with Crippen molar-refractivity contribution < 1.29 is 4.79 Å². The normalized spacial score (nSPS) is 22.1. The number of rotatable bonds is 3. The van der Waals surface area contributed by atoms with Crippen molar-refractivity contribution in [3.8, 4) is 0 Å². The van der Waals surface area contributed by atoms with Crippen LogP contribution in [0.1, 0.15) is 48.2 Å². The van der Waals surface area contributed by atoms with E-state index in [2.05, 4.69) is 16.8 Å². The summed E-state index contributed by atoms with van der Waals surface area (Å²) in [6, 6.07) is 0.452. The molecule has 0 saturated carbocycles. The highest BCUT2D eigenvalue weighted by molar-refractivity contribution is 7.09. The zero-order chi connectivity index (χ0) is 10.8. The molecule has 0 spiro atoms. The number of hydrogen-bond acceptors (Lipinski definition) is 4. The number of thiazole rings is 1. The van der Waals surface area contributed by atoms with Crippen molar-refractivity contribution in [2.75, 3.05) is 13.1 Å². The van der Waals surface area contributed by atoms with Gasteiger partial charge in [-0.15, -0.1) is 11.3 Å². The van der Waals surface area contributed by atoms with Crippen LogP contribution in [-0.4, -0.2) is 28.8 Å². The Bertz CT molecular complexity index is 361. The lowest BCUT2D eigenvalue weighted by atomic mass is 10.2. The van der Waals surface area contributed by atoms with Gasteiger partial charge >= 0.3 is 0 Å². The number of carbonyl (C=O) groups is 1. The number of aromatic nitrogens is 1. The Labute approximate surface area is 94.1 Å². The Balaban J connectivity index is 2.18. The molecule has 1 aliphatic heterocycles. The molecular weight excluding hydrogens is 208 g/mol. The van der Waals surface area contributed by atoms with E-state index in [1.165, 1.54) is 12.8 Å². The van der Waals surface area contributed by atoms with Crippen LogP contribution in [0.15, 0.2) is 5.38 Å². The van der Waals surface area contributed by atoms with Gasteiger partial charge < -0.3 is 0 Å². The summed E-state index contributed by atoms with van der Waals surface area (Å²) in [5.74, 6) is 0.0681. The lowest BCUT2D eigenvalue weighted by Gasteiger charge is -2.20. The topological polar surface area (TPSA) is 33.2 Å². The smallest absolute Gasteiger partial charge is 0.178 e. The Hall–Kier alpha value is -0.740. The van der Waals surface area contributed by atoms with Crippen molar-refractivity contribution in [3.05, 3.63) is 16.1 Å². The predicted molar refractivity (Wildman–Crippen MR) is 61.3 cm³/mol. The molecule has 0 aromatic carbocycles. The quantitative estimate of drug-likeness (QED) is 0.740. The first-order valence-electron chi connectivity index (χ1n) is 5.42. The van der Waals surface area contributed by atoms with Crippen molar-refractivity contribution >= 4 is 17.1 Å². The van der Waals surface area contributed by atoms with Gasteiger partial charge in [-0.2, -0.15) is 0 Å². The Morgan fingerprint density at radius 3 is 3.13 bits per heavy atom. The molecule has 3 nitrogen and oxygen atoms in total. The van der Waals surface area contributed by atoms with Crippen molar-refractivity contribution in [3.63, 3.8) is 0 Å². The molecule has 1 fully saturated rings. The monoisotopic (exact) mass is 224 g/mol. The first kappa shape index (κ1) is 10.8. The van der Waals surface area contributed by atoms with Gasteiger partial charge in [0.15, 0.2) is 5.78 Å². The molecule has 2 heterocycles. The molecule has 0 N–H and O–H groups in total. The van der Waals surface area contributed by atoms with Crippen LogP contribution in [0.25, 0.3) is 0 Å². The fourth-order valence-corrected chi connectivity index (χ4v) is 3.11. The number of hydrogen-bond donors (Lipinski definition) is 0. The van der Waals surface area contributed by atoms with E-state index in [-0.39, 0.29) is 5.78 Å². The van der Waals surface area contributed by atoms with Crippen LogP contribution in [0.5, 0.6) is 0 Å². The Morgan fingerprint density at radius 2 is 2.53 bits per heavy atom. The second-order valence-corrected chi connectivity index (χ2v) is 4.80. The largest absolute Gasteiger partial charge is 0.294 e. The zero-order valence-corrected chi connectivity index (χ0v) is 10.0. The summed E-state index contributed by atoms with van der Waals surface area (Å²) >= 11 is 1.62. The average molecular weight is 224 g/mol. The second-order valence-electron chi connectivity index (χ2n) is 3.91. The molecule has 15 heavy (non-hydrogen) atoms. The van der Waals surface area contributed by atoms with E-state index in [9.17, 15) is 4.79 Å². The van der Waals surface area contributed by atoms with Gasteiger partial charge in [0.1, 0.15) is 10.7 Å². The summed E-state index contributed by atoms with van der Waals surface area (Å²) in [4.78, 5) is 18.0. The molecule has 1 aromatic heterocycles. The summed E-state index contributed by atoms with van der Waals surface area (Å²) in [6.45, 7) is 5.98. The van der Waals surface area contributed by atoms with Crippen molar-refractivity contribution in [2.24, 2.45) is 0 Å². The van der Waals surface area contributed by atoms with E-state index < -0.39 is 0 Å². The number of nitrogens with zero attached hydrogens (tertiary/aromatic N) is 2. The van der Waals surface area contributed by atoms with Gasteiger partial charge in [-0.1, -0.05) is 6.92 Å². The summed E-state index contributed by atoms with van der Waals surface area (Å²) in [7, 11) is 0. The van der Waals surface area contributed by atoms with Gasteiger partial charge in [-0.05, 0) is 25.9 Å². The molecular formula is C11H16N2OS. The third-order valence-corrected chi connectivity index (χ3v) is 3.88. The molecule has 4 heteroatoms. The van der Waals surface area contributed by atoms with E-state index in [1.54, 1.807) is 18.3 Å². The van der Waals surface area contributed by atoms with Crippen molar-refractivity contribution in [2.45, 2.75) is 32.7 Å². The fraction of sp³-hybridized carbons (Fsp3) is 0.636. The van der Waals surface area contributed by atoms with Crippen molar-refractivity contribution in [1.82, 2.24) is 9.88 Å². The standard InChI is InChI=1S/C11H16N2OS/c1-3-13-6-4-5-10(13)11-12-9(7-15-11)8(2)14/h7,10H,3-6H2,1-2H3. The Kier molecular flexibility index (Phi) is 3.17. The van der Waals surface area contributed by atoms with E-state index in [4.69, 9.17) is 0 Å². The molecule has 0 bridgehead atoms. The third-order valence-electron chi connectivity index (χ3n) is 2.94. The number of ketones is 1. The maximum absolute atomic E-state index is 11.2. The second kappa shape index (κ2) is 4.41. The number of likely N-dealkylation sites (tertiary alicyclic amines) is 1. The Morgan fingerprint density at radius 1 is 1.73 bits per heavy atom. The number of carbonyl (C=O) groups excluding carboxylic acids is 1. The molecule has 0 aliphatic carbocycles. The fourth-order valence-electron chi connectivity index (χ4n) is 2.09. The highest BCUT2D eigenvalue weighted by atomic mass is 32.1.